The summed E-state index contributed by atoms with van der Waals surface area (Å²) >= 11 is 0. The molecule has 0 amide bonds. The minimum atomic E-state index is -0.902. The Hall–Kier alpha value is -1.66. The molecule has 0 aromatic rings. The molecule has 2 aliphatic rings. The smallest absolute Gasteiger partial charge is 0.303 e. The molecule has 6 nitrogen and oxygen atoms in total. The van der Waals surface area contributed by atoms with E-state index in [1.807, 2.05) is 33.8 Å². The van der Waals surface area contributed by atoms with Gasteiger partial charge in [-0.05, 0) is 63.4 Å². The number of esters is 2. The van der Waals surface area contributed by atoms with Gasteiger partial charge in [0.25, 0.3) is 0 Å². The number of fused-ring (bicyclic) bond motifs is 1. The van der Waals surface area contributed by atoms with Gasteiger partial charge in [0.1, 0.15) is 6.10 Å². The van der Waals surface area contributed by atoms with Crippen LogP contribution in [0.2, 0.25) is 0 Å². The van der Waals surface area contributed by atoms with Gasteiger partial charge >= 0.3 is 11.9 Å². The first-order valence-corrected chi connectivity index (χ1v) is 10.9. The van der Waals surface area contributed by atoms with E-state index >= 15 is 0 Å². The zero-order valence-electron chi connectivity index (χ0n) is 19.3. The van der Waals surface area contributed by atoms with Crippen molar-refractivity contribution in [3.05, 3.63) is 23.8 Å². The van der Waals surface area contributed by atoms with Crippen molar-refractivity contribution in [2.75, 3.05) is 0 Å². The van der Waals surface area contributed by atoms with Crippen LogP contribution >= 0.6 is 0 Å². The average Bonchev–Trinajstić information content (AvgIpc) is 2.93. The van der Waals surface area contributed by atoms with Crippen molar-refractivity contribution in [1.29, 1.82) is 0 Å². The van der Waals surface area contributed by atoms with Gasteiger partial charge < -0.3 is 19.7 Å². The number of ether oxygens (including phenoxy) is 2. The Bertz CT molecular complexity index is 703. The standard InChI is InChI=1S/C24H38O6/c1-14-12-19(27)21-18(23(5,6)28)9-11-24(21,7)10-8-15(2)22(30-17(4)26)20(13-14)29-16(3)25/h8,10,13,15,18-22,27-28H,9,11-12H2,1-7H3/b10-8+,14-13+/t15-,18+,19-,20-,21+,22+,24-/m0/s1. The van der Waals surface area contributed by atoms with Crippen LogP contribution in [-0.2, 0) is 19.1 Å². The van der Waals surface area contributed by atoms with Crippen molar-refractivity contribution in [3.63, 3.8) is 0 Å². The number of carbonyl (C=O) groups is 2. The normalized spacial score (nSPS) is 40.4. The Morgan fingerprint density at radius 3 is 2.33 bits per heavy atom. The summed E-state index contributed by atoms with van der Waals surface area (Å²) in [6, 6.07) is 0. The Morgan fingerprint density at radius 1 is 1.20 bits per heavy atom. The molecule has 0 bridgehead atoms. The van der Waals surface area contributed by atoms with Crippen molar-refractivity contribution < 1.29 is 29.3 Å². The molecule has 170 valence electrons. The fourth-order valence-corrected chi connectivity index (χ4v) is 5.31. The zero-order valence-corrected chi connectivity index (χ0v) is 19.3. The highest BCUT2D eigenvalue weighted by Gasteiger charge is 2.51. The summed E-state index contributed by atoms with van der Waals surface area (Å²) in [7, 11) is 0. The molecule has 2 rings (SSSR count). The summed E-state index contributed by atoms with van der Waals surface area (Å²) in [5.41, 5.74) is -0.356. The minimum absolute atomic E-state index is 0.0421. The molecular formula is C24H38O6. The second kappa shape index (κ2) is 9.23. The van der Waals surface area contributed by atoms with Gasteiger partial charge in [-0.2, -0.15) is 0 Å². The summed E-state index contributed by atoms with van der Waals surface area (Å²) in [4.78, 5) is 23.5. The number of aliphatic hydroxyl groups is 2. The highest BCUT2D eigenvalue weighted by molar-refractivity contribution is 5.67. The summed E-state index contributed by atoms with van der Waals surface area (Å²) in [5, 5.41) is 22.0. The van der Waals surface area contributed by atoms with E-state index in [9.17, 15) is 19.8 Å². The summed E-state index contributed by atoms with van der Waals surface area (Å²) in [6.45, 7) is 12.2. The minimum Gasteiger partial charge on any atom is -0.458 e. The quantitative estimate of drug-likeness (QED) is 0.534. The van der Waals surface area contributed by atoms with Crippen LogP contribution in [0.25, 0.3) is 0 Å². The van der Waals surface area contributed by atoms with Crippen LogP contribution in [0.5, 0.6) is 0 Å². The van der Waals surface area contributed by atoms with E-state index in [0.29, 0.717) is 6.42 Å². The Morgan fingerprint density at radius 2 is 1.80 bits per heavy atom. The van der Waals surface area contributed by atoms with Crippen molar-refractivity contribution in [2.45, 2.75) is 91.6 Å². The monoisotopic (exact) mass is 422 g/mol. The maximum Gasteiger partial charge on any atom is 0.303 e. The number of allylic oxidation sites excluding steroid dienone is 1. The van der Waals surface area contributed by atoms with Gasteiger partial charge in [0.05, 0.1) is 11.7 Å². The molecule has 0 radical (unpaired) electrons. The topological polar surface area (TPSA) is 93.1 Å². The van der Waals surface area contributed by atoms with Crippen molar-refractivity contribution in [3.8, 4) is 0 Å². The van der Waals surface area contributed by atoms with Gasteiger partial charge in [0.15, 0.2) is 6.10 Å². The van der Waals surface area contributed by atoms with Crippen LogP contribution in [0.15, 0.2) is 23.8 Å². The lowest BCUT2D eigenvalue weighted by atomic mass is 9.68. The molecule has 0 aromatic heterocycles. The number of rotatable bonds is 3. The first kappa shape index (κ1) is 24.6. The van der Waals surface area contributed by atoms with Crippen LogP contribution in [-0.4, -0.2) is 46.1 Å². The van der Waals surface area contributed by atoms with E-state index in [-0.39, 0.29) is 23.2 Å². The molecular weight excluding hydrogens is 384 g/mol. The molecule has 0 heterocycles. The maximum atomic E-state index is 11.8. The Kier molecular flexibility index (Phi) is 7.57. The van der Waals surface area contributed by atoms with Crippen LogP contribution in [0.4, 0.5) is 0 Å². The van der Waals surface area contributed by atoms with Gasteiger partial charge in [0.2, 0.25) is 0 Å². The van der Waals surface area contributed by atoms with E-state index in [2.05, 4.69) is 13.0 Å². The molecule has 30 heavy (non-hydrogen) atoms. The molecule has 1 saturated carbocycles. The van der Waals surface area contributed by atoms with E-state index in [4.69, 9.17) is 9.47 Å². The van der Waals surface area contributed by atoms with E-state index < -0.39 is 35.9 Å². The highest BCUT2D eigenvalue weighted by Crippen LogP contribution is 2.54. The van der Waals surface area contributed by atoms with Crippen LogP contribution in [0.1, 0.15) is 67.7 Å². The van der Waals surface area contributed by atoms with Gasteiger partial charge in [-0.15, -0.1) is 0 Å². The van der Waals surface area contributed by atoms with Crippen LogP contribution in [0, 0.1) is 23.2 Å². The molecule has 2 aliphatic carbocycles. The van der Waals surface area contributed by atoms with Crippen molar-refractivity contribution in [2.24, 2.45) is 23.2 Å². The van der Waals surface area contributed by atoms with Crippen molar-refractivity contribution >= 4 is 11.9 Å². The lowest BCUT2D eigenvalue weighted by Crippen LogP contribution is -2.43. The molecule has 7 atom stereocenters. The molecule has 6 heteroatoms. The Balaban J connectivity index is 2.53. The van der Waals surface area contributed by atoms with Gasteiger partial charge in [-0.1, -0.05) is 31.6 Å². The molecule has 0 unspecified atom stereocenters. The fourth-order valence-electron chi connectivity index (χ4n) is 5.31. The predicted octanol–water partition coefficient (Wildman–Crippen LogP) is 3.56. The van der Waals surface area contributed by atoms with Crippen molar-refractivity contribution in [1.82, 2.24) is 0 Å². The number of aliphatic hydroxyl groups excluding tert-OH is 1. The summed E-state index contributed by atoms with van der Waals surface area (Å²) in [6.07, 6.45) is 5.86. The molecule has 0 spiro atoms. The SMILES string of the molecule is CC(=O)O[C@H]1[C@@H](OC(C)=O)/C=C(\C)C[C@H](O)[C@H]2[C@H](C(C)(C)O)CC[C@]2(C)/C=C/[C@@H]1C. The van der Waals surface area contributed by atoms with Gasteiger partial charge in [-0.3, -0.25) is 9.59 Å². The molecule has 0 saturated heterocycles. The fraction of sp³-hybridized carbons (Fsp3) is 0.750. The van der Waals surface area contributed by atoms with Gasteiger partial charge in [-0.25, -0.2) is 0 Å². The molecule has 2 N–H and O–H groups in total. The second-order valence-corrected chi connectivity index (χ2v) is 9.98. The lowest BCUT2D eigenvalue weighted by Gasteiger charge is -2.40. The number of carbonyl (C=O) groups excluding carboxylic acids is 2. The third kappa shape index (κ3) is 5.73. The zero-order chi connectivity index (χ0) is 22.9. The second-order valence-electron chi connectivity index (χ2n) is 9.98. The Labute approximate surface area is 180 Å². The molecule has 1 fully saturated rings. The largest absolute Gasteiger partial charge is 0.458 e. The number of hydrogen-bond acceptors (Lipinski definition) is 6. The first-order valence-electron chi connectivity index (χ1n) is 10.9. The maximum absolute atomic E-state index is 11.8. The van der Waals surface area contributed by atoms with Gasteiger partial charge in [0, 0.05) is 19.8 Å². The molecule has 0 aliphatic heterocycles. The predicted molar refractivity (Wildman–Crippen MR) is 114 cm³/mol. The lowest BCUT2D eigenvalue weighted by molar-refractivity contribution is -0.164. The van der Waals surface area contributed by atoms with Crippen LogP contribution in [0.3, 0.4) is 0 Å². The first-order chi connectivity index (χ1) is 13.7. The summed E-state index contributed by atoms with van der Waals surface area (Å²) in [5.74, 6) is -1.28. The third-order valence-corrected chi connectivity index (χ3v) is 6.72. The van der Waals surface area contributed by atoms with E-state index in [1.165, 1.54) is 13.8 Å². The highest BCUT2D eigenvalue weighted by atomic mass is 16.6. The van der Waals surface area contributed by atoms with E-state index in [1.54, 1.807) is 6.08 Å². The third-order valence-electron chi connectivity index (χ3n) is 6.72. The van der Waals surface area contributed by atoms with E-state index in [0.717, 1.165) is 18.4 Å². The van der Waals surface area contributed by atoms with Crippen LogP contribution < -0.4 is 0 Å². The summed E-state index contributed by atoms with van der Waals surface area (Å²) < 4.78 is 11.1. The number of hydrogen-bond donors (Lipinski definition) is 2. The molecule has 0 aromatic carbocycles. The average molecular weight is 423 g/mol.